The van der Waals surface area contributed by atoms with E-state index in [4.69, 9.17) is 15.1 Å². The predicted octanol–water partition coefficient (Wildman–Crippen LogP) is -3.14. The lowest BCUT2D eigenvalue weighted by atomic mass is 10.1. The molecule has 1 fully saturated rings. The summed E-state index contributed by atoms with van der Waals surface area (Å²) in [4.78, 5) is 13.2. The van der Waals surface area contributed by atoms with Gasteiger partial charge < -0.3 is 25.3 Å². The lowest BCUT2D eigenvalue weighted by molar-refractivity contribution is -0.116. The van der Waals surface area contributed by atoms with Crippen molar-refractivity contribution in [3.8, 4) is 0 Å². The zero-order valence-corrected chi connectivity index (χ0v) is 9.22. The van der Waals surface area contributed by atoms with Crippen molar-refractivity contribution in [2.24, 2.45) is 5.16 Å². The molecule has 18 heavy (non-hydrogen) atoms. The van der Waals surface area contributed by atoms with Gasteiger partial charge in [-0.1, -0.05) is 5.16 Å². The Morgan fingerprint density at radius 2 is 2.39 bits per heavy atom. The number of aliphatic hydroxyl groups is 3. The maximum Gasteiger partial charge on any atom is 0.252 e. The van der Waals surface area contributed by atoms with Crippen molar-refractivity contribution in [2.75, 3.05) is 13.2 Å². The van der Waals surface area contributed by atoms with Crippen molar-refractivity contribution in [3.63, 3.8) is 0 Å². The molecule has 1 aliphatic heterocycles. The normalized spacial score (nSPS) is 32.9. The highest BCUT2D eigenvalue weighted by molar-refractivity contribution is 4.97. The molecule has 2 rings (SSSR count). The average molecular weight is 259 g/mol. The average Bonchev–Trinajstić information content (AvgIpc) is 2.66. The van der Waals surface area contributed by atoms with Crippen LogP contribution in [0.15, 0.2) is 22.2 Å². The summed E-state index contributed by atoms with van der Waals surface area (Å²) in [5.74, 6) is 0. The molecule has 0 bridgehead atoms. The summed E-state index contributed by atoms with van der Waals surface area (Å²) in [7, 11) is 0. The molecule has 2 heterocycles. The molecule has 0 aliphatic carbocycles. The summed E-state index contributed by atoms with van der Waals surface area (Å²) in [6.07, 6.45) is -1.24. The van der Waals surface area contributed by atoms with Crippen LogP contribution < -0.4 is 11.2 Å². The van der Waals surface area contributed by atoms with E-state index in [0.717, 1.165) is 16.8 Å². The van der Waals surface area contributed by atoms with Crippen molar-refractivity contribution in [1.29, 1.82) is 0 Å². The number of hydrogen-bond donors (Lipinski definition) is 5. The molecule has 1 aromatic heterocycles. The van der Waals surface area contributed by atoms with Crippen molar-refractivity contribution in [2.45, 2.75) is 17.9 Å². The van der Waals surface area contributed by atoms with Crippen LogP contribution in [0.4, 0.5) is 0 Å². The van der Waals surface area contributed by atoms with Gasteiger partial charge in [-0.05, 0) is 0 Å². The summed E-state index contributed by atoms with van der Waals surface area (Å²) in [6, 6.07) is 1.09. The summed E-state index contributed by atoms with van der Waals surface area (Å²) in [6.45, 7) is -0.794. The molecule has 5 N–H and O–H groups in total. The molecular formula is C9H13N3O6. The lowest BCUT2D eigenvalue weighted by Gasteiger charge is -2.28. The minimum atomic E-state index is -1.93. The molecule has 0 aromatic carbocycles. The Morgan fingerprint density at radius 1 is 1.67 bits per heavy atom. The van der Waals surface area contributed by atoms with Crippen LogP contribution in [0.5, 0.6) is 0 Å². The molecule has 0 amide bonds. The van der Waals surface area contributed by atoms with E-state index < -0.39 is 30.1 Å². The van der Waals surface area contributed by atoms with Crippen LogP contribution in [0, 0.1) is 0 Å². The Balaban J connectivity index is 2.52. The smallest absolute Gasteiger partial charge is 0.252 e. The van der Waals surface area contributed by atoms with E-state index in [1.54, 1.807) is 0 Å². The standard InChI is InChI=1S/C9H13N3O6/c13-3-5-7(15)9(16,4-18-5)12-2-1-6(14)10-8(12)11-17/h1-2,5,7,13,15-17H,3-4H2,(H,10,11,14)/t5-,7-,9?/m1/s1. The van der Waals surface area contributed by atoms with E-state index in [1.165, 1.54) is 0 Å². The Bertz CT molecular complexity index is 552. The second kappa shape index (κ2) is 4.53. The summed E-state index contributed by atoms with van der Waals surface area (Å²) in [5.41, 5.74) is -2.81. The van der Waals surface area contributed by atoms with Gasteiger partial charge >= 0.3 is 0 Å². The highest BCUT2D eigenvalue weighted by atomic mass is 16.5. The van der Waals surface area contributed by atoms with E-state index in [1.807, 2.05) is 0 Å². The van der Waals surface area contributed by atoms with Crippen LogP contribution in [0.3, 0.4) is 0 Å². The Labute approximate surface area is 100 Å². The van der Waals surface area contributed by atoms with Crippen molar-refractivity contribution >= 4 is 0 Å². The van der Waals surface area contributed by atoms with E-state index in [-0.39, 0.29) is 12.2 Å². The van der Waals surface area contributed by atoms with Gasteiger partial charge in [0.25, 0.3) is 5.56 Å². The first-order chi connectivity index (χ1) is 8.52. The zero-order chi connectivity index (χ0) is 13.3. The fraction of sp³-hybridized carbons (Fsp3) is 0.556. The van der Waals surface area contributed by atoms with Crippen LogP contribution in [-0.4, -0.2) is 55.5 Å². The van der Waals surface area contributed by atoms with Gasteiger partial charge in [0.2, 0.25) is 5.62 Å². The van der Waals surface area contributed by atoms with Gasteiger partial charge in [-0.2, -0.15) is 0 Å². The first-order valence-electron chi connectivity index (χ1n) is 5.16. The molecule has 1 aliphatic rings. The largest absolute Gasteiger partial charge is 0.408 e. The van der Waals surface area contributed by atoms with Gasteiger partial charge in [-0.25, -0.2) is 0 Å². The number of rotatable bonds is 2. The highest BCUT2D eigenvalue weighted by Crippen LogP contribution is 2.27. The topological polar surface area (TPSA) is 140 Å². The first-order valence-corrected chi connectivity index (χ1v) is 5.16. The third kappa shape index (κ3) is 1.82. The molecule has 1 unspecified atom stereocenters. The Kier molecular flexibility index (Phi) is 3.22. The van der Waals surface area contributed by atoms with Crippen LogP contribution in [-0.2, 0) is 10.5 Å². The van der Waals surface area contributed by atoms with Gasteiger partial charge in [0, 0.05) is 12.3 Å². The molecule has 1 aromatic rings. The first kappa shape index (κ1) is 12.8. The molecule has 3 atom stereocenters. The Morgan fingerprint density at radius 3 is 2.94 bits per heavy atom. The number of aromatic amines is 1. The number of nitrogens with zero attached hydrogens (tertiary/aromatic N) is 2. The highest BCUT2D eigenvalue weighted by Gasteiger charge is 2.49. The fourth-order valence-corrected chi connectivity index (χ4v) is 1.88. The molecule has 0 spiro atoms. The molecule has 0 radical (unpaired) electrons. The minimum absolute atomic E-state index is 0.321. The number of aromatic nitrogens is 2. The minimum Gasteiger partial charge on any atom is -0.408 e. The molecular weight excluding hydrogens is 246 g/mol. The Hall–Kier alpha value is -1.68. The second-order valence-electron chi connectivity index (χ2n) is 3.95. The van der Waals surface area contributed by atoms with E-state index in [9.17, 15) is 15.0 Å². The summed E-state index contributed by atoms with van der Waals surface area (Å²) >= 11 is 0. The monoisotopic (exact) mass is 259 g/mol. The number of H-pyrrole nitrogens is 1. The summed E-state index contributed by atoms with van der Waals surface area (Å²) < 4.78 is 5.99. The van der Waals surface area contributed by atoms with E-state index in [2.05, 4.69) is 10.1 Å². The predicted molar refractivity (Wildman–Crippen MR) is 55.4 cm³/mol. The van der Waals surface area contributed by atoms with Gasteiger partial charge in [-0.3, -0.25) is 14.3 Å². The van der Waals surface area contributed by atoms with Gasteiger partial charge in [0.05, 0.1) is 13.2 Å². The zero-order valence-electron chi connectivity index (χ0n) is 9.22. The number of nitrogens with one attached hydrogen (secondary N) is 1. The molecule has 0 saturated carbocycles. The van der Waals surface area contributed by atoms with E-state index in [0.29, 0.717) is 0 Å². The molecule has 1 saturated heterocycles. The third-order valence-electron chi connectivity index (χ3n) is 2.87. The van der Waals surface area contributed by atoms with Gasteiger partial charge in [0.15, 0.2) is 5.72 Å². The number of ether oxygens (including phenoxy) is 1. The van der Waals surface area contributed by atoms with Crippen LogP contribution in [0.1, 0.15) is 0 Å². The summed E-state index contributed by atoms with van der Waals surface area (Å²) in [5, 5.41) is 40.8. The van der Waals surface area contributed by atoms with Crippen molar-refractivity contribution < 1.29 is 25.3 Å². The molecule has 9 heteroatoms. The maximum atomic E-state index is 11.1. The number of hydrogen-bond acceptors (Lipinski definition) is 7. The quantitative estimate of drug-likeness (QED) is 0.281. The van der Waals surface area contributed by atoms with E-state index >= 15 is 0 Å². The van der Waals surface area contributed by atoms with Gasteiger partial charge in [0.1, 0.15) is 12.2 Å². The van der Waals surface area contributed by atoms with Gasteiger partial charge in [-0.15, -0.1) is 0 Å². The van der Waals surface area contributed by atoms with Crippen LogP contribution in [0.25, 0.3) is 0 Å². The third-order valence-corrected chi connectivity index (χ3v) is 2.87. The second-order valence-corrected chi connectivity index (χ2v) is 3.95. The van der Waals surface area contributed by atoms with Crippen LogP contribution in [0.2, 0.25) is 0 Å². The van der Waals surface area contributed by atoms with Crippen molar-refractivity contribution in [1.82, 2.24) is 9.55 Å². The maximum absolute atomic E-state index is 11.1. The van der Waals surface area contributed by atoms with Crippen molar-refractivity contribution in [3.05, 3.63) is 28.2 Å². The lowest BCUT2D eigenvalue weighted by Crippen LogP contribution is -2.52. The van der Waals surface area contributed by atoms with Crippen LogP contribution >= 0.6 is 0 Å². The molecule has 9 nitrogen and oxygen atoms in total. The fourth-order valence-electron chi connectivity index (χ4n) is 1.88. The number of aliphatic hydroxyl groups excluding tert-OH is 2. The molecule has 100 valence electrons. The SMILES string of the molecule is O=c1ccn(C2(O)CO[C@H](CO)[C@H]2O)/c(=N/O)[nH]1.